The van der Waals surface area contributed by atoms with Crippen LogP contribution < -0.4 is 4.74 Å². The van der Waals surface area contributed by atoms with E-state index in [4.69, 9.17) is 4.74 Å². The van der Waals surface area contributed by atoms with Gasteiger partial charge in [0.1, 0.15) is 18.2 Å². The molecule has 0 radical (unpaired) electrons. The molecule has 0 atom stereocenters. The largest absolute Gasteiger partial charge is 0.489 e. The first-order valence-electron chi connectivity index (χ1n) is 7.79. The molecule has 1 aromatic heterocycles. The molecule has 0 aliphatic rings. The minimum absolute atomic E-state index is 0.104. The molecule has 1 heterocycles. The number of allylic oxidation sites excluding steroid dienone is 1. The predicted octanol–water partition coefficient (Wildman–Crippen LogP) is 4.03. The quantitative estimate of drug-likeness (QED) is 0.504. The Bertz CT molecular complexity index is 898. The van der Waals surface area contributed by atoms with E-state index in [0.29, 0.717) is 16.9 Å². The van der Waals surface area contributed by atoms with Crippen LogP contribution in [-0.4, -0.2) is 15.6 Å². The number of benzene rings is 2. The van der Waals surface area contributed by atoms with Gasteiger partial charge in [0.25, 0.3) is 0 Å². The van der Waals surface area contributed by atoms with E-state index in [1.54, 1.807) is 54.3 Å². The van der Waals surface area contributed by atoms with Gasteiger partial charge in [-0.2, -0.15) is 5.10 Å². The van der Waals surface area contributed by atoms with Crippen molar-refractivity contribution in [3.63, 3.8) is 0 Å². The zero-order valence-corrected chi connectivity index (χ0v) is 13.7. The molecular formula is C20H17FN2O2. The number of hydrogen-bond acceptors (Lipinski definition) is 3. The van der Waals surface area contributed by atoms with Crippen LogP contribution in [0.3, 0.4) is 0 Å². The summed E-state index contributed by atoms with van der Waals surface area (Å²) in [5.74, 6) is 0.253. The summed E-state index contributed by atoms with van der Waals surface area (Å²) in [6.45, 7) is 0.168. The Morgan fingerprint density at radius 1 is 1.20 bits per heavy atom. The van der Waals surface area contributed by atoms with Gasteiger partial charge in [-0.25, -0.2) is 4.39 Å². The number of aryl methyl sites for hydroxylation is 1. The van der Waals surface area contributed by atoms with Crippen molar-refractivity contribution >= 4 is 11.9 Å². The summed E-state index contributed by atoms with van der Waals surface area (Å²) < 4.78 is 20.7. The molecule has 0 unspecified atom stereocenters. The van der Waals surface area contributed by atoms with E-state index < -0.39 is 0 Å². The number of halogens is 1. The minimum Gasteiger partial charge on any atom is -0.489 e. The van der Waals surface area contributed by atoms with Crippen LogP contribution >= 0.6 is 0 Å². The van der Waals surface area contributed by atoms with Crippen molar-refractivity contribution in [2.24, 2.45) is 7.05 Å². The van der Waals surface area contributed by atoms with Crippen molar-refractivity contribution < 1.29 is 13.9 Å². The van der Waals surface area contributed by atoms with Gasteiger partial charge in [-0.15, -0.1) is 0 Å². The molecule has 0 aliphatic heterocycles. The summed E-state index contributed by atoms with van der Waals surface area (Å²) >= 11 is 0. The van der Waals surface area contributed by atoms with Gasteiger partial charge in [-0.3, -0.25) is 9.48 Å². The molecule has 4 nitrogen and oxygen atoms in total. The lowest BCUT2D eigenvalue weighted by Gasteiger charge is -2.07. The number of carbonyl (C=O) groups excluding carboxylic acids is 1. The first-order chi connectivity index (χ1) is 12.1. The highest BCUT2D eigenvalue weighted by molar-refractivity contribution is 6.06. The molecule has 25 heavy (non-hydrogen) atoms. The Kier molecular flexibility index (Phi) is 5.04. The molecule has 5 heteroatoms. The number of hydrogen-bond donors (Lipinski definition) is 0. The molecule has 0 spiro atoms. The standard InChI is InChI=1S/C20H17FN2O2/c1-23-13-17(12-22-23)20(24)11-8-15-6-9-18(10-7-15)25-14-16-4-2-3-5-19(16)21/h2-13H,14H2,1H3/b11-8+. The lowest BCUT2D eigenvalue weighted by atomic mass is 10.1. The fourth-order valence-corrected chi connectivity index (χ4v) is 2.27. The second-order valence-electron chi connectivity index (χ2n) is 5.55. The van der Waals surface area contributed by atoms with E-state index in [2.05, 4.69) is 5.10 Å². The van der Waals surface area contributed by atoms with Gasteiger partial charge in [0.15, 0.2) is 5.78 Å². The zero-order valence-electron chi connectivity index (χ0n) is 13.7. The third-order valence-corrected chi connectivity index (χ3v) is 3.65. The van der Waals surface area contributed by atoms with Gasteiger partial charge in [0, 0.05) is 18.8 Å². The minimum atomic E-state index is -0.282. The Morgan fingerprint density at radius 2 is 1.96 bits per heavy atom. The molecule has 3 rings (SSSR count). The van der Waals surface area contributed by atoms with Crippen molar-refractivity contribution in [2.75, 3.05) is 0 Å². The fourth-order valence-electron chi connectivity index (χ4n) is 2.27. The third kappa shape index (κ3) is 4.41. The van der Waals surface area contributed by atoms with Crippen molar-refractivity contribution in [3.05, 3.63) is 89.5 Å². The van der Waals surface area contributed by atoms with Gasteiger partial charge in [-0.05, 0) is 29.8 Å². The van der Waals surface area contributed by atoms with Crippen LogP contribution in [0.15, 0.2) is 67.0 Å². The molecule has 2 aromatic carbocycles. The number of rotatable bonds is 6. The van der Waals surface area contributed by atoms with E-state index in [0.717, 1.165) is 5.56 Å². The Morgan fingerprint density at radius 3 is 2.64 bits per heavy atom. The molecule has 0 N–H and O–H groups in total. The Balaban J connectivity index is 1.59. The second-order valence-corrected chi connectivity index (χ2v) is 5.55. The lowest BCUT2D eigenvalue weighted by molar-refractivity contribution is 0.104. The highest BCUT2D eigenvalue weighted by atomic mass is 19.1. The van der Waals surface area contributed by atoms with Gasteiger partial charge >= 0.3 is 0 Å². The predicted molar refractivity (Wildman–Crippen MR) is 93.7 cm³/mol. The number of aromatic nitrogens is 2. The number of carbonyl (C=O) groups is 1. The zero-order chi connectivity index (χ0) is 17.6. The average molecular weight is 336 g/mol. The summed E-state index contributed by atoms with van der Waals surface area (Å²) in [5.41, 5.74) is 1.92. The summed E-state index contributed by atoms with van der Waals surface area (Å²) in [6, 6.07) is 13.8. The van der Waals surface area contributed by atoms with Crippen molar-refractivity contribution in [3.8, 4) is 5.75 Å². The molecular weight excluding hydrogens is 319 g/mol. The summed E-state index contributed by atoms with van der Waals surface area (Å²) in [5, 5.41) is 3.97. The van der Waals surface area contributed by atoms with Gasteiger partial charge in [0.05, 0.1) is 11.8 Å². The smallest absolute Gasteiger partial charge is 0.189 e. The lowest BCUT2D eigenvalue weighted by Crippen LogP contribution is -1.98. The van der Waals surface area contributed by atoms with Gasteiger partial charge < -0.3 is 4.74 Å². The topological polar surface area (TPSA) is 44.1 Å². The second kappa shape index (κ2) is 7.57. The van der Waals surface area contributed by atoms with Crippen LogP contribution in [-0.2, 0) is 13.7 Å². The first kappa shape index (κ1) is 16.6. The number of ketones is 1. The van der Waals surface area contributed by atoms with Crippen LogP contribution in [0.25, 0.3) is 6.08 Å². The van der Waals surface area contributed by atoms with E-state index in [9.17, 15) is 9.18 Å². The summed E-state index contributed by atoms with van der Waals surface area (Å²) in [6.07, 6.45) is 6.45. The van der Waals surface area contributed by atoms with E-state index in [-0.39, 0.29) is 18.2 Å². The first-order valence-corrected chi connectivity index (χ1v) is 7.79. The monoisotopic (exact) mass is 336 g/mol. The van der Waals surface area contributed by atoms with E-state index in [1.165, 1.54) is 18.3 Å². The molecule has 0 fully saturated rings. The van der Waals surface area contributed by atoms with Crippen LogP contribution in [0.4, 0.5) is 4.39 Å². The highest BCUT2D eigenvalue weighted by Gasteiger charge is 2.04. The Hall–Kier alpha value is -3.21. The summed E-state index contributed by atoms with van der Waals surface area (Å²) in [7, 11) is 1.76. The summed E-state index contributed by atoms with van der Waals surface area (Å²) in [4.78, 5) is 12.0. The number of ether oxygens (including phenoxy) is 1. The van der Waals surface area contributed by atoms with Gasteiger partial charge in [-0.1, -0.05) is 36.4 Å². The number of nitrogens with zero attached hydrogens (tertiary/aromatic N) is 2. The third-order valence-electron chi connectivity index (χ3n) is 3.65. The normalized spacial score (nSPS) is 11.0. The molecule has 0 aliphatic carbocycles. The molecule has 0 bridgehead atoms. The maximum atomic E-state index is 13.5. The van der Waals surface area contributed by atoms with E-state index >= 15 is 0 Å². The molecule has 0 saturated carbocycles. The SMILES string of the molecule is Cn1cc(C(=O)/C=C/c2ccc(OCc3ccccc3F)cc2)cn1. The molecule has 0 amide bonds. The molecule has 0 saturated heterocycles. The highest BCUT2D eigenvalue weighted by Crippen LogP contribution is 2.16. The van der Waals surface area contributed by atoms with Crippen molar-refractivity contribution in [1.29, 1.82) is 0 Å². The van der Waals surface area contributed by atoms with Crippen LogP contribution in [0.2, 0.25) is 0 Å². The van der Waals surface area contributed by atoms with Crippen LogP contribution in [0, 0.1) is 5.82 Å². The maximum absolute atomic E-state index is 13.5. The van der Waals surface area contributed by atoms with E-state index in [1.807, 2.05) is 12.1 Å². The maximum Gasteiger partial charge on any atom is 0.189 e. The molecule has 3 aromatic rings. The van der Waals surface area contributed by atoms with Crippen molar-refractivity contribution in [2.45, 2.75) is 6.61 Å². The van der Waals surface area contributed by atoms with Crippen molar-refractivity contribution in [1.82, 2.24) is 9.78 Å². The Labute approximate surface area is 145 Å². The van der Waals surface area contributed by atoms with Gasteiger partial charge in [0.2, 0.25) is 0 Å². The average Bonchev–Trinajstić information content (AvgIpc) is 3.06. The fraction of sp³-hybridized carbons (Fsp3) is 0.100. The van der Waals surface area contributed by atoms with Crippen LogP contribution in [0.5, 0.6) is 5.75 Å². The van der Waals surface area contributed by atoms with Crippen LogP contribution in [0.1, 0.15) is 21.5 Å². The molecule has 126 valence electrons.